The Hall–Kier alpha value is -1.81. The van der Waals surface area contributed by atoms with Crippen molar-refractivity contribution >= 4 is 84.0 Å². The highest BCUT2D eigenvalue weighted by Gasteiger charge is 2.36. The lowest BCUT2D eigenvalue weighted by molar-refractivity contribution is -0.127. The van der Waals surface area contributed by atoms with Gasteiger partial charge in [-0.2, -0.15) is 0 Å². The molecule has 3 rings (SSSR count). The van der Waals surface area contributed by atoms with Gasteiger partial charge < -0.3 is 10.4 Å². The van der Waals surface area contributed by atoms with Crippen LogP contribution in [0.1, 0.15) is 5.56 Å². The van der Waals surface area contributed by atoms with Gasteiger partial charge in [-0.1, -0.05) is 27.5 Å². The Balaban J connectivity index is 1.74. The summed E-state index contributed by atoms with van der Waals surface area (Å²) in [4.78, 5) is 37.9. The van der Waals surface area contributed by atoms with E-state index >= 15 is 0 Å². The number of anilines is 1. The number of hydrogen-bond acceptors (Lipinski definition) is 5. The number of aromatic hydroxyl groups is 1. The minimum atomic E-state index is -0.600. The minimum Gasteiger partial charge on any atom is -0.506 e. The van der Waals surface area contributed by atoms with Crippen LogP contribution in [-0.2, 0) is 9.59 Å². The van der Waals surface area contributed by atoms with E-state index in [4.69, 9.17) is 11.6 Å². The second-order valence-electron chi connectivity index (χ2n) is 5.65. The summed E-state index contributed by atoms with van der Waals surface area (Å²) in [6, 6.07) is 9.72. The maximum atomic E-state index is 12.5. The van der Waals surface area contributed by atoms with Crippen molar-refractivity contribution in [1.82, 2.24) is 4.90 Å². The van der Waals surface area contributed by atoms with Crippen LogP contribution in [0.5, 0.6) is 5.75 Å². The van der Waals surface area contributed by atoms with E-state index in [2.05, 4.69) is 37.2 Å². The van der Waals surface area contributed by atoms with Gasteiger partial charge in [0.2, 0.25) is 5.91 Å². The van der Waals surface area contributed by atoms with Crippen LogP contribution >= 0.6 is 55.2 Å². The van der Waals surface area contributed by atoms with Crippen molar-refractivity contribution in [3.63, 3.8) is 0 Å². The number of amides is 3. The minimum absolute atomic E-state index is 0.0597. The molecule has 6 nitrogen and oxygen atoms in total. The zero-order valence-electron chi connectivity index (χ0n) is 13.9. The molecule has 0 radical (unpaired) electrons. The first-order chi connectivity index (χ1) is 13.2. The summed E-state index contributed by atoms with van der Waals surface area (Å²) >= 11 is 13.0. The highest BCUT2D eigenvalue weighted by molar-refractivity contribution is 9.11. The van der Waals surface area contributed by atoms with Gasteiger partial charge in [-0.05, 0) is 70.2 Å². The van der Waals surface area contributed by atoms with Crippen molar-refractivity contribution in [1.29, 1.82) is 0 Å². The number of imide groups is 1. The van der Waals surface area contributed by atoms with Crippen LogP contribution in [-0.4, -0.2) is 33.6 Å². The molecule has 2 aromatic rings. The molecule has 1 aliphatic rings. The highest BCUT2D eigenvalue weighted by atomic mass is 79.9. The molecule has 1 fully saturated rings. The van der Waals surface area contributed by atoms with E-state index in [0.717, 1.165) is 4.90 Å². The number of carbonyl (C=O) groups excluding carboxylic acids is 3. The fraction of sp³-hybridized carbons (Fsp3) is 0.0556. The van der Waals surface area contributed by atoms with Crippen molar-refractivity contribution in [3.05, 3.63) is 60.8 Å². The molecule has 28 heavy (non-hydrogen) atoms. The smallest absolute Gasteiger partial charge is 0.294 e. The molecule has 0 aliphatic carbocycles. The SMILES string of the molecule is O=C(CN1C(=O)S/C(=C\c2cc(Br)cc(Br)c2O)C1=O)Nc1ccc(Cl)cc1. The molecule has 1 heterocycles. The molecule has 2 N–H and O–H groups in total. The highest BCUT2D eigenvalue weighted by Crippen LogP contribution is 2.37. The van der Waals surface area contributed by atoms with Crippen LogP contribution in [0.2, 0.25) is 5.02 Å². The number of hydrogen-bond donors (Lipinski definition) is 2. The van der Waals surface area contributed by atoms with Crippen LogP contribution in [0, 0.1) is 0 Å². The topological polar surface area (TPSA) is 86.7 Å². The van der Waals surface area contributed by atoms with Crippen LogP contribution in [0.3, 0.4) is 0 Å². The number of rotatable bonds is 4. The van der Waals surface area contributed by atoms with Crippen molar-refractivity contribution < 1.29 is 19.5 Å². The number of nitrogens with zero attached hydrogens (tertiary/aromatic N) is 1. The standard InChI is InChI=1S/C18H11Br2ClN2O4S/c19-10-5-9(16(25)13(20)7-10)6-14-17(26)23(18(27)28-14)8-15(24)22-12-3-1-11(21)2-4-12/h1-7,25H,8H2,(H,22,24)/b14-6-. The van der Waals surface area contributed by atoms with E-state index < -0.39 is 23.6 Å². The summed E-state index contributed by atoms with van der Waals surface area (Å²) < 4.78 is 1.12. The zero-order chi connectivity index (χ0) is 20.4. The average Bonchev–Trinajstić information content (AvgIpc) is 2.88. The van der Waals surface area contributed by atoms with Gasteiger partial charge in [0.25, 0.3) is 11.1 Å². The van der Waals surface area contributed by atoms with Crippen LogP contribution in [0.25, 0.3) is 6.08 Å². The van der Waals surface area contributed by atoms with Crippen molar-refractivity contribution in [2.75, 3.05) is 11.9 Å². The normalized spacial score (nSPS) is 15.4. The van der Waals surface area contributed by atoms with E-state index in [0.29, 0.717) is 37.0 Å². The Morgan fingerprint density at radius 1 is 1.21 bits per heavy atom. The van der Waals surface area contributed by atoms with Gasteiger partial charge in [-0.15, -0.1) is 0 Å². The van der Waals surface area contributed by atoms with Gasteiger partial charge in [0.1, 0.15) is 12.3 Å². The third-order valence-corrected chi connectivity index (χ3v) is 5.87. The van der Waals surface area contributed by atoms with Gasteiger partial charge in [-0.25, -0.2) is 0 Å². The fourth-order valence-electron chi connectivity index (χ4n) is 2.35. The monoisotopic (exact) mass is 544 g/mol. The lowest BCUT2D eigenvalue weighted by Gasteiger charge is -2.12. The molecule has 1 aliphatic heterocycles. The Morgan fingerprint density at radius 2 is 1.89 bits per heavy atom. The van der Waals surface area contributed by atoms with E-state index in [1.807, 2.05) is 0 Å². The van der Waals surface area contributed by atoms with Crippen LogP contribution in [0.15, 0.2) is 50.2 Å². The van der Waals surface area contributed by atoms with E-state index in [1.165, 1.54) is 6.08 Å². The summed E-state index contributed by atoms with van der Waals surface area (Å²) in [5.74, 6) is -1.17. The van der Waals surface area contributed by atoms with Crippen LogP contribution < -0.4 is 5.32 Å². The summed E-state index contributed by atoms with van der Waals surface area (Å²) in [5, 5.41) is 12.7. The molecule has 1 saturated heterocycles. The number of phenolic OH excluding ortho intramolecular Hbond substituents is 1. The number of phenols is 1. The first-order valence-electron chi connectivity index (χ1n) is 7.73. The first kappa shape index (κ1) is 20.9. The lowest BCUT2D eigenvalue weighted by Crippen LogP contribution is -2.36. The van der Waals surface area contributed by atoms with Gasteiger partial charge in [0.05, 0.1) is 9.38 Å². The second-order valence-corrected chi connectivity index (χ2v) is 8.85. The maximum absolute atomic E-state index is 12.5. The van der Waals surface area contributed by atoms with E-state index in [1.54, 1.807) is 36.4 Å². The summed E-state index contributed by atoms with van der Waals surface area (Å²) in [6.07, 6.45) is 1.41. The second kappa shape index (κ2) is 8.69. The average molecular weight is 547 g/mol. The number of benzene rings is 2. The van der Waals surface area contributed by atoms with Gasteiger partial charge in [0, 0.05) is 20.7 Å². The molecule has 0 spiro atoms. The van der Waals surface area contributed by atoms with Crippen molar-refractivity contribution in [3.8, 4) is 5.75 Å². The molecule has 0 atom stereocenters. The molecule has 0 aromatic heterocycles. The number of halogens is 3. The molecular formula is C18H11Br2ClN2O4S. The number of thioether (sulfide) groups is 1. The van der Waals surface area contributed by atoms with Crippen molar-refractivity contribution in [2.24, 2.45) is 0 Å². The Kier molecular flexibility index (Phi) is 6.49. The first-order valence-corrected chi connectivity index (χ1v) is 10.5. The number of carbonyl (C=O) groups is 3. The predicted octanol–water partition coefficient (Wildman–Crippen LogP) is 5.25. The maximum Gasteiger partial charge on any atom is 0.294 e. The lowest BCUT2D eigenvalue weighted by atomic mass is 10.2. The fourth-order valence-corrected chi connectivity index (χ4v) is 4.56. The van der Waals surface area contributed by atoms with E-state index in [-0.39, 0.29) is 10.7 Å². The Morgan fingerprint density at radius 3 is 2.57 bits per heavy atom. The van der Waals surface area contributed by atoms with Crippen LogP contribution in [0.4, 0.5) is 10.5 Å². The molecule has 2 aromatic carbocycles. The number of nitrogens with one attached hydrogen (secondary N) is 1. The molecule has 0 bridgehead atoms. The summed E-state index contributed by atoms with van der Waals surface area (Å²) in [7, 11) is 0. The van der Waals surface area contributed by atoms with Gasteiger partial charge in [-0.3, -0.25) is 19.3 Å². The van der Waals surface area contributed by atoms with Gasteiger partial charge >= 0.3 is 0 Å². The summed E-state index contributed by atoms with van der Waals surface area (Å²) in [6.45, 7) is -0.418. The van der Waals surface area contributed by atoms with Gasteiger partial charge in [0.15, 0.2) is 0 Å². The molecule has 10 heteroatoms. The molecule has 0 unspecified atom stereocenters. The third kappa shape index (κ3) is 4.78. The summed E-state index contributed by atoms with van der Waals surface area (Å²) in [5.41, 5.74) is 0.859. The Labute approximate surface area is 186 Å². The molecule has 3 amide bonds. The molecule has 0 saturated carbocycles. The molecular weight excluding hydrogens is 536 g/mol. The largest absolute Gasteiger partial charge is 0.506 e. The Bertz CT molecular complexity index is 1010. The molecule has 144 valence electrons. The quantitative estimate of drug-likeness (QED) is 0.512. The van der Waals surface area contributed by atoms with E-state index in [9.17, 15) is 19.5 Å². The zero-order valence-corrected chi connectivity index (χ0v) is 18.7. The third-order valence-electron chi connectivity index (χ3n) is 3.65. The van der Waals surface area contributed by atoms with Crippen molar-refractivity contribution in [2.45, 2.75) is 0 Å². The predicted molar refractivity (Wildman–Crippen MR) is 116 cm³/mol.